The van der Waals surface area contributed by atoms with Gasteiger partial charge in [-0.2, -0.15) is 0 Å². The lowest BCUT2D eigenvalue weighted by molar-refractivity contribution is 0.986. The monoisotopic (exact) mass is 233 g/mol. The van der Waals surface area contributed by atoms with Crippen LogP contribution in [-0.4, -0.2) is 16.5 Å². The molecule has 0 aliphatic carbocycles. The van der Waals surface area contributed by atoms with Crippen LogP contribution in [0.1, 0.15) is 16.8 Å². The summed E-state index contributed by atoms with van der Waals surface area (Å²) in [6.45, 7) is 3.04. The molecule has 4 heteroatoms. The van der Waals surface area contributed by atoms with Crippen LogP contribution in [0.2, 0.25) is 0 Å². The molecule has 0 aromatic carbocycles. The molecule has 0 aliphatic heterocycles. The fraction of sp³-hybridized carbons (Fsp3) is 0.333. The SMILES string of the molecule is CCc1cnc(CCNc2ccccn2)s1. The first-order valence-corrected chi connectivity index (χ1v) is 6.28. The van der Waals surface area contributed by atoms with E-state index in [1.54, 1.807) is 17.5 Å². The van der Waals surface area contributed by atoms with Gasteiger partial charge in [-0.3, -0.25) is 0 Å². The van der Waals surface area contributed by atoms with E-state index < -0.39 is 0 Å². The van der Waals surface area contributed by atoms with Crippen molar-refractivity contribution in [1.29, 1.82) is 0 Å². The molecule has 0 radical (unpaired) electrons. The minimum absolute atomic E-state index is 0.883. The van der Waals surface area contributed by atoms with E-state index in [2.05, 4.69) is 22.2 Å². The predicted octanol–water partition coefficient (Wildman–Crippen LogP) is 2.76. The fourth-order valence-corrected chi connectivity index (χ4v) is 2.25. The van der Waals surface area contributed by atoms with E-state index in [0.29, 0.717) is 0 Å². The summed E-state index contributed by atoms with van der Waals surface area (Å²) in [4.78, 5) is 9.93. The van der Waals surface area contributed by atoms with Crippen molar-refractivity contribution >= 4 is 17.2 Å². The molecule has 2 rings (SSSR count). The number of hydrogen-bond donors (Lipinski definition) is 1. The molecule has 0 saturated heterocycles. The third-order valence-electron chi connectivity index (χ3n) is 2.26. The van der Waals surface area contributed by atoms with E-state index in [1.807, 2.05) is 24.4 Å². The van der Waals surface area contributed by atoms with Gasteiger partial charge in [-0.15, -0.1) is 11.3 Å². The Morgan fingerprint density at radius 1 is 1.31 bits per heavy atom. The van der Waals surface area contributed by atoms with E-state index in [-0.39, 0.29) is 0 Å². The second kappa shape index (κ2) is 5.61. The lowest BCUT2D eigenvalue weighted by atomic mass is 10.4. The molecule has 0 bridgehead atoms. The molecule has 0 aliphatic rings. The number of nitrogens with one attached hydrogen (secondary N) is 1. The minimum Gasteiger partial charge on any atom is -0.370 e. The Bertz CT molecular complexity index is 425. The number of rotatable bonds is 5. The third-order valence-corrected chi connectivity index (χ3v) is 3.46. The number of aromatic nitrogens is 2. The molecule has 16 heavy (non-hydrogen) atoms. The summed E-state index contributed by atoms with van der Waals surface area (Å²) in [7, 11) is 0. The van der Waals surface area contributed by atoms with Crippen LogP contribution in [0.4, 0.5) is 5.82 Å². The van der Waals surface area contributed by atoms with Crippen LogP contribution in [0.5, 0.6) is 0 Å². The summed E-state index contributed by atoms with van der Waals surface area (Å²) in [6.07, 6.45) is 5.80. The molecule has 2 aromatic rings. The Morgan fingerprint density at radius 3 is 2.94 bits per heavy atom. The van der Waals surface area contributed by atoms with Crippen LogP contribution >= 0.6 is 11.3 Å². The van der Waals surface area contributed by atoms with Gasteiger partial charge in [-0.05, 0) is 18.6 Å². The van der Waals surface area contributed by atoms with Crippen LogP contribution in [0, 0.1) is 0 Å². The molecule has 1 N–H and O–H groups in total. The van der Waals surface area contributed by atoms with Gasteiger partial charge < -0.3 is 5.32 Å². The van der Waals surface area contributed by atoms with Crippen molar-refractivity contribution in [2.75, 3.05) is 11.9 Å². The maximum absolute atomic E-state index is 4.38. The van der Waals surface area contributed by atoms with Gasteiger partial charge in [0, 0.05) is 30.2 Å². The van der Waals surface area contributed by atoms with E-state index >= 15 is 0 Å². The molecular formula is C12H15N3S. The van der Waals surface area contributed by atoms with Crippen molar-refractivity contribution in [2.24, 2.45) is 0 Å². The molecule has 2 heterocycles. The van der Waals surface area contributed by atoms with Crippen LogP contribution < -0.4 is 5.32 Å². The summed E-state index contributed by atoms with van der Waals surface area (Å²) in [5.41, 5.74) is 0. The highest BCUT2D eigenvalue weighted by Gasteiger charge is 2.00. The van der Waals surface area contributed by atoms with Crippen molar-refractivity contribution in [3.8, 4) is 0 Å². The normalized spacial score (nSPS) is 10.3. The van der Waals surface area contributed by atoms with E-state index in [1.165, 1.54) is 9.88 Å². The van der Waals surface area contributed by atoms with Crippen LogP contribution in [0.25, 0.3) is 0 Å². The van der Waals surface area contributed by atoms with Gasteiger partial charge in [-0.1, -0.05) is 13.0 Å². The van der Waals surface area contributed by atoms with E-state index in [9.17, 15) is 0 Å². The second-order valence-corrected chi connectivity index (χ2v) is 4.67. The summed E-state index contributed by atoms with van der Waals surface area (Å²) >= 11 is 1.80. The maximum atomic E-state index is 4.38. The maximum Gasteiger partial charge on any atom is 0.125 e. The second-order valence-electron chi connectivity index (χ2n) is 3.47. The largest absolute Gasteiger partial charge is 0.370 e. The average Bonchev–Trinajstić information content (AvgIpc) is 2.78. The van der Waals surface area contributed by atoms with Gasteiger partial charge >= 0.3 is 0 Å². The Balaban J connectivity index is 1.80. The highest BCUT2D eigenvalue weighted by atomic mass is 32.1. The lowest BCUT2D eigenvalue weighted by Crippen LogP contribution is -2.05. The highest BCUT2D eigenvalue weighted by molar-refractivity contribution is 7.11. The minimum atomic E-state index is 0.883. The zero-order valence-electron chi connectivity index (χ0n) is 9.31. The Kier molecular flexibility index (Phi) is 3.88. The number of aryl methyl sites for hydroxylation is 1. The number of nitrogens with zero attached hydrogens (tertiary/aromatic N) is 2. The van der Waals surface area contributed by atoms with Gasteiger partial charge in [0.2, 0.25) is 0 Å². The fourth-order valence-electron chi connectivity index (χ4n) is 1.39. The van der Waals surface area contributed by atoms with Crippen molar-refractivity contribution in [1.82, 2.24) is 9.97 Å². The average molecular weight is 233 g/mol. The predicted molar refractivity (Wildman–Crippen MR) is 67.9 cm³/mol. The van der Waals surface area contributed by atoms with Crippen molar-refractivity contribution in [3.63, 3.8) is 0 Å². The molecule has 2 aromatic heterocycles. The molecule has 0 amide bonds. The molecule has 3 nitrogen and oxygen atoms in total. The third kappa shape index (κ3) is 3.03. The van der Waals surface area contributed by atoms with E-state index in [4.69, 9.17) is 0 Å². The van der Waals surface area contributed by atoms with Crippen molar-refractivity contribution in [2.45, 2.75) is 19.8 Å². The van der Waals surface area contributed by atoms with E-state index in [0.717, 1.165) is 25.2 Å². The summed E-state index contributed by atoms with van der Waals surface area (Å²) in [6, 6.07) is 5.87. The zero-order valence-corrected chi connectivity index (χ0v) is 10.1. The van der Waals surface area contributed by atoms with Gasteiger partial charge in [0.1, 0.15) is 5.82 Å². The van der Waals surface area contributed by atoms with Gasteiger partial charge in [0.05, 0.1) is 5.01 Å². The number of thiazole rings is 1. The quantitative estimate of drug-likeness (QED) is 0.863. The van der Waals surface area contributed by atoms with Crippen molar-refractivity contribution < 1.29 is 0 Å². The van der Waals surface area contributed by atoms with Crippen LogP contribution in [0.3, 0.4) is 0 Å². The zero-order chi connectivity index (χ0) is 11.2. The molecule has 84 valence electrons. The Morgan fingerprint density at radius 2 is 2.25 bits per heavy atom. The molecule has 0 saturated carbocycles. The standard InChI is InChI=1S/C12H15N3S/c1-2-10-9-15-12(16-10)6-8-14-11-5-3-4-7-13-11/h3-5,7,9H,2,6,8H2,1H3,(H,13,14). The molecule has 0 atom stereocenters. The summed E-state index contributed by atoms with van der Waals surface area (Å²) in [5, 5.41) is 4.47. The molecule has 0 unspecified atom stereocenters. The Hall–Kier alpha value is -1.42. The highest BCUT2D eigenvalue weighted by Crippen LogP contribution is 2.13. The first-order chi connectivity index (χ1) is 7.88. The molecule has 0 spiro atoms. The summed E-state index contributed by atoms with van der Waals surface area (Å²) < 4.78 is 0. The van der Waals surface area contributed by atoms with Crippen LogP contribution in [0.15, 0.2) is 30.6 Å². The topological polar surface area (TPSA) is 37.8 Å². The first-order valence-electron chi connectivity index (χ1n) is 5.47. The first kappa shape index (κ1) is 11.1. The van der Waals surface area contributed by atoms with Gasteiger partial charge in [0.25, 0.3) is 0 Å². The Labute approximate surface area is 99.6 Å². The van der Waals surface area contributed by atoms with Crippen LogP contribution in [-0.2, 0) is 12.8 Å². The number of anilines is 1. The lowest BCUT2D eigenvalue weighted by Gasteiger charge is -2.02. The number of hydrogen-bond acceptors (Lipinski definition) is 4. The summed E-state index contributed by atoms with van der Waals surface area (Å²) in [5.74, 6) is 0.926. The molecule has 0 fully saturated rings. The number of pyridine rings is 1. The smallest absolute Gasteiger partial charge is 0.125 e. The van der Waals surface area contributed by atoms with Crippen molar-refractivity contribution in [3.05, 3.63) is 40.5 Å². The van der Waals surface area contributed by atoms with Gasteiger partial charge in [-0.25, -0.2) is 9.97 Å². The molecular weight excluding hydrogens is 218 g/mol. The van der Waals surface area contributed by atoms with Gasteiger partial charge in [0.15, 0.2) is 0 Å².